The third-order valence-electron chi connectivity index (χ3n) is 3.67. The second-order valence-corrected chi connectivity index (χ2v) is 6.82. The van der Waals surface area contributed by atoms with E-state index in [9.17, 15) is 14.0 Å². The van der Waals surface area contributed by atoms with Crippen molar-refractivity contribution >= 4 is 39.0 Å². The number of carbonyl (C=O) groups excluding carboxylic acids is 2. The summed E-state index contributed by atoms with van der Waals surface area (Å²) in [5.41, 5.74) is 2.72. The first-order chi connectivity index (χ1) is 11.9. The summed E-state index contributed by atoms with van der Waals surface area (Å²) in [6, 6.07) is 11.5. The van der Waals surface area contributed by atoms with Gasteiger partial charge >= 0.3 is 5.97 Å². The van der Waals surface area contributed by atoms with Crippen LogP contribution in [0.5, 0.6) is 0 Å². The lowest BCUT2D eigenvalue weighted by Gasteiger charge is -2.09. The molecule has 0 fully saturated rings. The van der Waals surface area contributed by atoms with Gasteiger partial charge in [-0.2, -0.15) is 0 Å². The highest BCUT2D eigenvalue weighted by molar-refractivity contribution is 7.20. The van der Waals surface area contributed by atoms with Crippen molar-refractivity contribution in [3.8, 4) is 0 Å². The molecule has 0 saturated heterocycles. The molecule has 0 atom stereocenters. The molecule has 0 saturated carbocycles. The SMILES string of the molecule is Cc1ccc(NC(=O)COC(=O)c2cc3cc(F)ccc3s2)c(C)c1. The quantitative estimate of drug-likeness (QED) is 0.702. The van der Waals surface area contributed by atoms with Crippen LogP contribution in [-0.4, -0.2) is 18.5 Å². The summed E-state index contributed by atoms with van der Waals surface area (Å²) >= 11 is 1.20. The van der Waals surface area contributed by atoms with Gasteiger partial charge in [-0.05, 0) is 55.1 Å². The highest BCUT2D eigenvalue weighted by Crippen LogP contribution is 2.26. The molecule has 6 heteroatoms. The molecule has 1 amide bonds. The number of esters is 1. The van der Waals surface area contributed by atoms with Crippen LogP contribution in [0.4, 0.5) is 10.1 Å². The van der Waals surface area contributed by atoms with Crippen molar-refractivity contribution in [2.75, 3.05) is 11.9 Å². The molecule has 0 unspecified atom stereocenters. The Morgan fingerprint density at radius 2 is 1.92 bits per heavy atom. The van der Waals surface area contributed by atoms with Crippen LogP contribution in [0.3, 0.4) is 0 Å². The lowest BCUT2D eigenvalue weighted by atomic mass is 10.1. The van der Waals surface area contributed by atoms with Gasteiger partial charge < -0.3 is 10.1 Å². The topological polar surface area (TPSA) is 55.4 Å². The average Bonchev–Trinajstić information content (AvgIpc) is 2.98. The van der Waals surface area contributed by atoms with E-state index in [4.69, 9.17) is 4.74 Å². The Labute approximate surface area is 148 Å². The standard InChI is InChI=1S/C19H16FNO3S/c1-11-3-5-15(12(2)7-11)21-18(22)10-24-19(23)17-9-13-8-14(20)4-6-16(13)25-17/h3-9H,10H2,1-2H3,(H,21,22). The fourth-order valence-corrected chi connectivity index (χ4v) is 3.39. The molecule has 1 N–H and O–H groups in total. The van der Waals surface area contributed by atoms with Gasteiger partial charge in [0.25, 0.3) is 5.91 Å². The number of hydrogen-bond donors (Lipinski definition) is 1. The van der Waals surface area contributed by atoms with E-state index < -0.39 is 11.9 Å². The van der Waals surface area contributed by atoms with Gasteiger partial charge in [0, 0.05) is 10.4 Å². The number of anilines is 1. The first-order valence-corrected chi connectivity index (χ1v) is 8.47. The smallest absolute Gasteiger partial charge is 0.348 e. The van der Waals surface area contributed by atoms with E-state index in [-0.39, 0.29) is 12.4 Å². The number of rotatable bonds is 4. The van der Waals surface area contributed by atoms with Crippen molar-refractivity contribution in [2.45, 2.75) is 13.8 Å². The molecular formula is C19H16FNO3S. The molecule has 0 radical (unpaired) electrons. The molecule has 4 nitrogen and oxygen atoms in total. The number of carbonyl (C=O) groups is 2. The van der Waals surface area contributed by atoms with E-state index in [1.54, 1.807) is 12.1 Å². The van der Waals surface area contributed by atoms with Gasteiger partial charge in [0.15, 0.2) is 6.61 Å². The van der Waals surface area contributed by atoms with Crippen LogP contribution in [0.15, 0.2) is 42.5 Å². The fourth-order valence-electron chi connectivity index (χ4n) is 2.46. The highest BCUT2D eigenvalue weighted by Gasteiger charge is 2.14. The molecule has 0 spiro atoms. The van der Waals surface area contributed by atoms with Crippen molar-refractivity contribution in [2.24, 2.45) is 0 Å². The van der Waals surface area contributed by atoms with E-state index in [0.717, 1.165) is 15.8 Å². The van der Waals surface area contributed by atoms with Gasteiger partial charge in [-0.3, -0.25) is 4.79 Å². The number of nitrogens with one attached hydrogen (secondary N) is 1. The largest absolute Gasteiger partial charge is 0.451 e. The summed E-state index contributed by atoms with van der Waals surface area (Å²) in [7, 11) is 0. The summed E-state index contributed by atoms with van der Waals surface area (Å²) in [5.74, 6) is -1.37. The summed E-state index contributed by atoms with van der Waals surface area (Å²) in [6.07, 6.45) is 0. The minimum Gasteiger partial charge on any atom is -0.451 e. The van der Waals surface area contributed by atoms with Crippen molar-refractivity contribution in [3.05, 3.63) is 64.3 Å². The van der Waals surface area contributed by atoms with Crippen molar-refractivity contribution in [1.29, 1.82) is 0 Å². The molecule has 0 aliphatic heterocycles. The lowest BCUT2D eigenvalue weighted by Crippen LogP contribution is -2.21. The van der Waals surface area contributed by atoms with Crippen LogP contribution in [0, 0.1) is 19.7 Å². The molecule has 0 aliphatic rings. The van der Waals surface area contributed by atoms with Gasteiger partial charge in [-0.15, -0.1) is 11.3 Å². The zero-order valence-corrected chi connectivity index (χ0v) is 14.6. The van der Waals surface area contributed by atoms with E-state index in [1.165, 1.54) is 23.5 Å². The first-order valence-electron chi connectivity index (χ1n) is 7.66. The van der Waals surface area contributed by atoms with Gasteiger partial charge in [0.1, 0.15) is 10.7 Å². The first kappa shape index (κ1) is 17.1. The second-order valence-electron chi connectivity index (χ2n) is 5.74. The third-order valence-corrected chi connectivity index (χ3v) is 4.77. The molecule has 1 heterocycles. The summed E-state index contributed by atoms with van der Waals surface area (Å²) in [6.45, 7) is 3.48. The number of thiophene rings is 1. The van der Waals surface area contributed by atoms with Crippen LogP contribution in [0.25, 0.3) is 10.1 Å². The van der Waals surface area contributed by atoms with Crippen LogP contribution < -0.4 is 5.32 Å². The molecule has 3 aromatic rings. The Hall–Kier alpha value is -2.73. The minimum atomic E-state index is -0.600. The minimum absolute atomic E-state index is 0.333. The molecule has 0 bridgehead atoms. The summed E-state index contributed by atoms with van der Waals surface area (Å²) in [4.78, 5) is 24.4. The number of aryl methyl sites for hydroxylation is 2. The maximum atomic E-state index is 13.2. The van der Waals surface area contributed by atoms with E-state index in [0.29, 0.717) is 16.0 Å². The van der Waals surface area contributed by atoms with E-state index in [1.807, 2.05) is 32.0 Å². The maximum absolute atomic E-state index is 13.2. The summed E-state index contributed by atoms with van der Waals surface area (Å²) < 4.78 is 19.0. The molecule has 3 rings (SSSR count). The van der Waals surface area contributed by atoms with Crippen LogP contribution in [0.2, 0.25) is 0 Å². The van der Waals surface area contributed by atoms with Crippen LogP contribution in [0.1, 0.15) is 20.8 Å². The Kier molecular flexibility index (Phi) is 4.81. The number of amides is 1. The predicted octanol–water partition coefficient (Wildman–Crippen LogP) is 4.45. The van der Waals surface area contributed by atoms with Crippen molar-refractivity contribution in [1.82, 2.24) is 0 Å². The lowest BCUT2D eigenvalue weighted by molar-refractivity contribution is -0.119. The zero-order valence-electron chi connectivity index (χ0n) is 13.8. The van der Waals surface area contributed by atoms with Crippen LogP contribution >= 0.6 is 11.3 Å². The third kappa shape index (κ3) is 4.03. The van der Waals surface area contributed by atoms with E-state index in [2.05, 4.69) is 5.32 Å². The fraction of sp³-hybridized carbons (Fsp3) is 0.158. The number of benzene rings is 2. The Balaban J connectivity index is 1.61. The number of hydrogen-bond acceptors (Lipinski definition) is 4. The average molecular weight is 357 g/mol. The normalized spacial score (nSPS) is 10.7. The number of ether oxygens (including phenoxy) is 1. The monoisotopic (exact) mass is 357 g/mol. The van der Waals surface area contributed by atoms with Crippen LogP contribution in [-0.2, 0) is 9.53 Å². The number of fused-ring (bicyclic) bond motifs is 1. The molecule has 128 valence electrons. The second kappa shape index (κ2) is 7.03. The molecule has 2 aromatic carbocycles. The van der Waals surface area contributed by atoms with Gasteiger partial charge in [0.05, 0.1) is 0 Å². The Bertz CT molecular complexity index is 964. The van der Waals surface area contributed by atoms with E-state index >= 15 is 0 Å². The Morgan fingerprint density at radius 3 is 2.68 bits per heavy atom. The predicted molar refractivity (Wildman–Crippen MR) is 96.6 cm³/mol. The molecule has 1 aromatic heterocycles. The summed E-state index contributed by atoms with van der Waals surface area (Å²) in [5, 5.41) is 3.35. The molecular weight excluding hydrogens is 341 g/mol. The number of halogens is 1. The van der Waals surface area contributed by atoms with Crippen molar-refractivity contribution in [3.63, 3.8) is 0 Å². The molecule has 0 aliphatic carbocycles. The van der Waals surface area contributed by atoms with Gasteiger partial charge in [-0.1, -0.05) is 17.7 Å². The van der Waals surface area contributed by atoms with Gasteiger partial charge in [0.2, 0.25) is 0 Å². The molecule has 25 heavy (non-hydrogen) atoms. The maximum Gasteiger partial charge on any atom is 0.348 e. The Morgan fingerprint density at radius 1 is 1.12 bits per heavy atom. The van der Waals surface area contributed by atoms with Crippen molar-refractivity contribution < 1.29 is 18.7 Å². The van der Waals surface area contributed by atoms with Gasteiger partial charge in [-0.25, -0.2) is 9.18 Å². The zero-order chi connectivity index (χ0) is 18.0. The highest BCUT2D eigenvalue weighted by atomic mass is 32.1.